The lowest BCUT2D eigenvalue weighted by molar-refractivity contribution is 0.194. The fraction of sp³-hybridized carbons (Fsp3) is 0.500. The third kappa shape index (κ3) is 3.57. The highest BCUT2D eigenvalue weighted by Gasteiger charge is 2.31. The number of nitrogens with two attached hydrogens (primary N) is 1. The van der Waals surface area contributed by atoms with Gasteiger partial charge in [0.1, 0.15) is 23.7 Å². The molecule has 4 rings (SSSR count). The molecule has 10 heteroatoms. The van der Waals surface area contributed by atoms with Gasteiger partial charge in [-0.1, -0.05) is 0 Å². The van der Waals surface area contributed by atoms with Crippen molar-refractivity contribution in [3.05, 3.63) is 36.4 Å². The van der Waals surface area contributed by atoms with Crippen LogP contribution < -0.4 is 20.4 Å². The van der Waals surface area contributed by atoms with Crippen molar-refractivity contribution >= 4 is 17.3 Å². The number of hydrogen-bond donors (Lipinski definition) is 2. The van der Waals surface area contributed by atoms with Gasteiger partial charge < -0.3 is 25.5 Å². The molecule has 0 saturated carbocycles. The number of β-amino-alcohol motifs (C(OH)–C–C–N with tert-alkyl or cyclic N) is 1. The SMILES string of the molecule is NC[C@H]1C[C@@H](O)CN1c1cc(N2CCN(c3c(F)cncc3F)CC2)ncn1. The number of hydrogen-bond acceptors (Lipinski definition) is 8. The minimum absolute atomic E-state index is 0.0325. The molecule has 0 aromatic carbocycles. The average molecular weight is 391 g/mol. The van der Waals surface area contributed by atoms with Crippen molar-refractivity contribution < 1.29 is 13.9 Å². The fourth-order valence-corrected chi connectivity index (χ4v) is 3.93. The molecule has 150 valence electrons. The number of piperazine rings is 1. The summed E-state index contributed by atoms with van der Waals surface area (Å²) in [6.45, 7) is 3.00. The van der Waals surface area contributed by atoms with Crippen molar-refractivity contribution in [1.29, 1.82) is 0 Å². The highest BCUT2D eigenvalue weighted by Crippen LogP contribution is 2.28. The van der Waals surface area contributed by atoms with E-state index < -0.39 is 17.7 Å². The number of aliphatic hydroxyl groups is 1. The van der Waals surface area contributed by atoms with Gasteiger partial charge in [0, 0.05) is 51.4 Å². The summed E-state index contributed by atoms with van der Waals surface area (Å²) in [5.74, 6) is 0.166. The molecular weight excluding hydrogens is 368 g/mol. The molecule has 8 nitrogen and oxygen atoms in total. The summed E-state index contributed by atoms with van der Waals surface area (Å²) in [5, 5.41) is 9.94. The highest BCUT2D eigenvalue weighted by molar-refractivity contribution is 5.54. The van der Waals surface area contributed by atoms with Crippen LogP contribution in [-0.2, 0) is 0 Å². The fourth-order valence-electron chi connectivity index (χ4n) is 3.93. The van der Waals surface area contributed by atoms with E-state index in [1.165, 1.54) is 6.33 Å². The van der Waals surface area contributed by atoms with E-state index in [2.05, 4.69) is 19.9 Å². The largest absolute Gasteiger partial charge is 0.391 e. The Labute approximate surface area is 161 Å². The molecule has 0 unspecified atom stereocenters. The number of aliphatic hydroxyl groups excluding tert-OH is 1. The van der Waals surface area contributed by atoms with E-state index in [4.69, 9.17) is 5.73 Å². The monoisotopic (exact) mass is 391 g/mol. The van der Waals surface area contributed by atoms with E-state index in [1.54, 1.807) is 4.90 Å². The van der Waals surface area contributed by atoms with Crippen LogP contribution in [0, 0.1) is 11.6 Å². The summed E-state index contributed by atoms with van der Waals surface area (Å²) in [7, 11) is 0. The lowest BCUT2D eigenvalue weighted by atomic mass is 10.2. The molecule has 2 aliphatic rings. The first-order valence-corrected chi connectivity index (χ1v) is 9.32. The maximum absolute atomic E-state index is 14.0. The number of halogens is 2. The van der Waals surface area contributed by atoms with E-state index >= 15 is 0 Å². The van der Waals surface area contributed by atoms with Gasteiger partial charge in [-0.3, -0.25) is 4.98 Å². The van der Waals surface area contributed by atoms with Crippen LogP contribution in [0.25, 0.3) is 0 Å². The van der Waals surface area contributed by atoms with Gasteiger partial charge in [-0.05, 0) is 6.42 Å². The van der Waals surface area contributed by atoms with Crippen LogP contribution in [-0.4, -0.2) is 71.5 Å². The van der Waals surface area contributed by atoms with Crippen LogP contribution in [0.15, 0.2) is 24.8 Å². The van der Waals surface area contributed by atoms with Crippen molar-refractivity contribution in [2.24, 2.45) is 5.73 Å². The summed E-state index contributed by atoms with van der Waals surface area (Å²) in [5.41, 5.74) is 5.79. The van der Waals surface area contributed by atoms with Crippen molar-refractivity contribution in [3.8, 4) is 0 Å². The molecule has 2 saturated heterocycles. The van der Waals surface area contributed by atoms with Gasteiger partial charge in [-0.2, -0.15) is 0 Å². The van der Waals surface area contributed by atoms with E-state index in [1.807, 2.05) is 11.0 Å². The number of pyridine rings is 1. The first-order chi connectivity index (χ1) is 13.6. The second kappa shape index (κ2) is 7.80. The Hall–Kier alpha value is -2.59. The van der Waals surface area contributed by atoms with Crippen LogP contribution in [0.5, 0.6) is 0 Å². The molecule has 0 radical (unpaired) electrons. The third-order valence-corrected chi connectivity index (χ3v) is 5.35. The van der Waals surface area contributed by atoms with Crippen LogP contribution in [0.3, 0.4) is 0 Å². The second-order valence-electron chi connectivity index (χ2n) is 7.09. The molecule has 2 atom stereocenters. The number of nitrogens with zero attached hydrogens (tertiary/aromatic N) is 6. The molecule has 4 heterocycles. The molecule has 3 N–H and O–H groups in total. The average Bonchev–Trinajstić information content (AvgIpc) is 3.09. The van der Waals surface area contributed by atoms with Gasteiger partial charge in [0.2, 0.25) is 0 Å². The number of rotatable bonds is 4. The Morgan fingerprint density at radius 3 is 2.36 bits per heavy atom. The smallest absolute Gasteiger partial charge is 0.167 e. The Bertz CT molecular complexity index is 811. The van der Waals surface area contributed by atoms with Crippen LogP contribution in [0.4, 0.5) is 26.1 Å². The van der Waals surface area contributed by atoms with Crippen molar-refractivity contribution in [2.45, 2.75) is 18.6 Å². The Morgan fingerprint density at radius 2 is 1.68 bits per heavy atom. The summed E-state index contributed by atoms with van der Waals surface area (Å²) in [4.78, 5) is 18.0. The van der Waals surface area contributed by atoms with Crippen LogP contribution in [0.2, 0.25) is 0 Å². The molecular formula is C18H23F2N7O. The van der Waals surface area contributed by atoms with Crippen molar-refractivity contribution in [3.63, 3.8) is 0 Å². The Morgan fingerprint density at radius 1 is 1.04 bits per heavy atom. The lowest BCUT2D eigenvalue weighted by Crippen LogP contribution is -2.47. The molecule has 2 aromatic rings. The predicted molar refractivity (Wildman–Crippen MR) is 101 cm³/mol. The van der Waals surface area contributed by atoms with Gasteiger partial charge in [-0.15, -0.1) is 0 Å². The van der Waals surface area contributed by atoms with Gasteiger partial charge >= 0.3 is 0 Å². The molecule has 28 heavy (non-hydrogen) atoms. The molecule has 2 fully saturated rings. The molecule has 2 aromatic heterocycles. The van der Waals surface area contributed by atoms with Gasteiger partial charge in [-0.25, -0.2) is 18.7 Å². The lowest BCUT2D eigenvalue weighted by Gasteiger charge is -2.37. The van der Waals surface area contributed by atoms with Gasteiger partial charge in [0.15, 0.2) is 11.6 Å². The zero-order chi connectivity index (χ0) is 19.7. The van der Waals surface area contributed by atoms with Gasteiger partial charge in [0.05, 0.1) is 18.5 Å². The summed E-state index contributed by atoms with van der Waals surface area (Å²) in [6, 6.07) is 1.93. The Kier molecular flexibility index (Phi) is 5.23. The molecule has 0 amide bonds. The van der Waals surface area contributed by atoms with E-state index in [-0.39, 0.29) is 11.7 Å². The van der Waals surface area contributed by atoms with Crippen LogP contribution in [0.1, 0.15) is 6.42 Å². The first kappa shape index (κ1) is 18.8. The molecule has 0 bridgehead atoms. The standard InChI is InChI=1S/C18H23F2N7O/c19-14-8-22-9-15(20)18(14)26-3-1-25(2-4-26)16-6-17(24-11-23-16)27-10-13(28)5-12(27)7-21/h6,8-9,11-13,28H,1-5,7,10,21H2/t12-,13-/m1/s1. The van der Waals surface area contributed by atoms with E-state index in [0.717, 1.165) is 24.0 Å². The third-order valence-electron chi connectivity index (χ3n) is 5.35. The van der Waals surface area contributed by atoms with Crippen molar-refractivity contribution in [2.75, 3.05) is 54.0 Å². The maximum Gasteiger partial charge on any atom is 0.167 e. The zero-order valence-electron chi connectivity index (χ0n) is 15.4. The summed E-state index contributed by atoms with van der Waals surface area (Å²) >= 11 is 0. The van der Waals surface area contributed by atoms with Crippen LogP contribution >= 0.6 is 0 Å². The highest BCUT2D eigenvalue weighted by atomic mass is 19.1. The number of anilines is 3. The van der Waals surface area contributed by atoms with Crippen molar-refractivity contribution in [1.82, 2.24) is 15.0 Å². The first-order valence-electron chi connectivity index (χ1n) is 9.32. The quantitative estimate of drug-likeness (QED) is 0.772. The summed E-state index contributed by atoms with van der Waals surface area (Å²) < 4.78 is 27.9. The van der Waals surface area contributed by atoms with E-state index in [9.17, 15) is 13.9 Å². The molecule has 0 spiro atoms. The topological polar surface area (TPSA) is 94.6 Å². The van der Waals surface area contributed by atoms with Gasteiger partial charge in [0.25, 0.3) is 0 Å². The molecule has 0 aliphatic carbocycles. The Balaban J connectivity index is 1.47. The summed E-state index contributed by atoms with van der Waals surface area (Å²) in [6.07, 6.45) is 3.76. The molecule has 2 aliphatic heterocycles. The van der Waals surface area contributed by atoms with E-state index in [0.29, 0.717) is 45.7 Å². The number of aromatic nitrogens is 3. The normalized spacial score (nSPS) is 22.8. The second-order valence-corrected chi connectivity index (χ2v) is 7.09. The maximum atomic E-state index is 14.0. The minimum atomic E-state index is -0.654. The minimum Gasteiger partial charge on any atom is -0.391 e. The zero-order valence-corrected chi connectivity index (χ0v) is 15.4. The predicted octanol–water partition coefficient (Wildman–Crippen LogP) is 0.375.